The second kappa shape index (κ2) is 5.02. The molecule has 0 bridgehead atoms. The first-order chi connectivity index (χ1) is 8.72. The van der Waals surface area contributed by atoms with Crippen LogP contribution in [-0.4, -0.2) is 36.8 Å². The minimum atomic E-state index is -1.28. The molecular formula is C12H12AsClN2O2. The second-order valence-electron chi connectivity index (χ2n) is 4.43. The van der Waals surface area contributed by atoms with E-state index in [0.717, 1.165) is 14.4 Å². The van der Waals surface area contributed by atoms with Crippen molar-refractivity contribution in [1.29, 1.82) is 0 Å². The topological polar surface area (TPSA) is 51.5 Å². The second-order valence-corrected chi connectivity index (χ2v) is 10.1. The van der Waals surface area contributed by atoms with Gasteiger partial charge < -0.3 is 0 Å². The normalized spacial score (nSPS) is 20.5. The van der Waals surface area contributed by atoms with Crippen LogP contribution < -0.4 is 0 Å². The number of hydrogen-bond donors (Lipinski definition) is 0. The number of nitrogens with zero attached hydrogens (tertiary/aromatic N) is 2. The minimum absolute atomic E-state index is 0.413. The summed E-state index contributed by atoms with van der Waals surface area (Å²) in [5.41, 5.74) is 1.19. The van der Waals surface area contributed by atoms with E-state index in [1.807, 2.05) is 18.3 Å². The predicted octanol–water partition coefficient (Wildman–Crippen LogP) is 2.61. The number of rotatable bonds is 4. The van der Waals surface area contributed by atoms with E-state index < -0.39 is 20.7 Å². The molecule has 3 rings (SSSR count). The Morgan fingerprint density at radius 3 is 2.83 bits per heavy atom. The number of ether oxygens (including phenoxy) is 1. The third kappa shape index (κ3) is 2.76. The first-order valence-electron chi connectivity index (χ1n) is 5.84. The Labute approximate surface area is 115 Å². The van der Waals surface area contributed by atoms with Crippen LogP contribution in [0, 0.1) is 0 Å². The van der Waals surface area contributed by atoms with Crippen LogP contribution in [0.4, 0.5) is 4.79 Å². The number of aromatic nitrogens is 1. The summed E-state index contributed by atoms with van der Waals surface area (Å²) in [5, 5.41) is 1.51. The van der Waals surface area contributed by atoms with Gasteiger partial charge in [-0.05, 0) is 0 Å². The molecule has 1 aromatic rings. The van der Waals surface area contributed by atoms with Crippen molar-refractivity contribution in [2.24, 2.45) is 4.99 Å². The number of hydrogen-bond acceptors (Lipinski definition) is 3. The molecule has 18 heavy (non-hydrogen) atoms. The maximum atomic E-state index is 11.1. The summed E-state index contributed by atoms with van der Waals surface area (Å²) in [7, 11) is 0. The average molecular weight is 327 g/mol. The van der Waals surface area contributed by atoms with Gasteiger partial charge in [-0.15, -0.1) is 0 Å². The molecule has 1 atom stereocenters. The quantitative estimate of drug-likeness (QED) is 0.631. The van der Waals surface area contributed by atoms with Gasteiger partial charge in [0.25, 0.3) is 0 Å². The molecule has 1 aromatic heterocycles. The first-order valence-corrected chi connectivity index (χ1v) is 9.56. The van der Waals surface area contributed by atoms with E-state index in [0.29, 0.717) is 11.8 Å². The molecule has 1 saturated carbocycles. The number of pyridine rings is 1. The molecule has 0 aromatic carbocycles. The number of amides is 1. The molecule has 1 aliphatic carbocycles. The molecule has 2 heterocycles. The SMILES string of the molecule is O=C1N=C([As](Cc2ccc(Cl)nc2)C2CC2)CO1. The zero-order valence-electron chi connectivity index (χ0n) is 9.67. The summed E-state index contributed by atoms with van der Waals surface area (Å²) < 4.78 is 6.75. The molecule has 0 N–H and O–H groups in total. The Morgan fingerprint density at radius 1 is 1.44 bits per heavy atom. The van der Waals surface area contributed by atoms with Gasteiger partial charge in [-0.2, -0.15) is 0 Å². The first kappa shape index (κ1) is 12.2. The molecule has 4 nitrogen and oxygen atoms in total. The molecule has 0 spiro atoms. The monoisotopic (exact) mass is 326 g/mol. The van der Waals surface area contributed by atoms with Crippen LogP contribution >= 0.6 is 11.6 Å². The zero-order chi connectivity index (χ0) is 12.5. The summed E-state index contributed by atoms with van der Waals surface area (Å²) in [6, 6.07) is 3.83. The number of carbonyl (C=O) groups is 1. The van der Waals surface area contributed by atoms with Gasteiger partial charge in [0.1, 0.15) is 0 Å². The van der Waals surface area contributed by atoms with Crippen LogP contribution in [0.25, 0.3) is 0 Å². The van der Waals surface area contributed by atoms with Crippen LogP contribution in [0.3, 0.4) is 0 Å². The van der Waals surface area contributed by atoms with Crippen molar-refractivity contribution in [2.45, 2.75) is 22.8 Å². The van der Waals surface area contributed by atoms with Gasteiger partial charge >= 0.3 is 115 Å². The molecule has 1 aliphatic heterocycles. The number of carbonyl (C=O) groups excluding carboxylic acids is 1. The van der Waals surface area contributed by atoms with Gasteiger partial charge in [0.15, 0.2) is 0 Å². The maximum absolute atomic E-state index is 11.1. The third-order valence-corrected chi connectivity index (χ3v) is 9.52. The molecule has 94 valence electrons. The molecule has 0 radical (unpaired) electrons. The summed E-state index contributed by atoms with van der Waals surface area (Å²) in [5.74, 6) is 0. The molecule has 0 saturated heterocycles. The van der Waals surface area contributed by atoms with Gasteiger partial charge in [-0.25, -0.2) is 0 Å². The van der Waals surface area contributed by atoms with Crippen LogP contribution in [0.15, 0.2) is 23.3 Å². The fourth-order valence-electron chi connectivity index (χ4n) is 1.96. The van der Waals surface area contributed by atoms with Crippen LogP contribution in [0.2, 0.25) is 9.86 Å². The summed E-state index contributed by atoms with van der Waals surface area (Å²) >= 11 is 4.50. The van der Waals surface area contributed by atoms with E-state index in [1.54, 1.807) is 0 Å². The summed E-state index contributed by atoms with van der Waals surface area (Å²) in [6.07, 6.45) is 3.95. The molecule has 6 heteroatoms. The molecule has 1 amide bonds. The molecule has 1 unspecified atom stereocenters. The van der Waals surface area contributed by atoms with Crippen molar-refractivity contribution < 1.29 is 9.53 Å². The Kier molecular flexibility index (Phi) is 3.40. The van der Waals surface area contributed by atoms with Crippen molar-refractivity contribution in [2.75, 3.05) is 6.61 Å². The van der Waals surface area contributed by atoms with Crippen LogP contribution in [0.1, 0.15) is 18.4 Å². The standard InChI is InChI=1S/C12H12AsClN2O2/c14-11-4-1-8(6-15-11)5-13(9-2-3-9)10-7-18-12(17)16-10/h1,4,6,9H,2-3,5,7H2. The Balaban J connectivity index is 1.76. The summed E-state index contributed by atoms with van der Waals surface area (Å²) in [6.45, 7) is 0.413. The molecule has 1 fully saturated rings. The number of aliphatic imine (C=N–C) groups is 1. The Bertz CT molecular complexity index is 499. The number of halogens is 1. The predicted molar refractivity (Wildman–Crippen MR) is 70.5 cm³/mol. The van der Waals surface area contributed by atoms with Gasteiger partial charge in [-0.3, -0.25) is 0 Å². The van der Waals surface area contributed by atoms with E-state index in [-0.39, 0.29) is 0 Å². The zero-order valence-corrected chi connectivity index (χ0v) is 12.3. The van der Waals surface area contributed by atoms with Gasteiger partial charge in [0.05, 0.1) is 0 Å². The number of cyclic esters (lactones) is 1. The van der Waals surface area contributed by atoms with Crippen molar-refractivity contribution >= 4 is 36.8 Å². The Hall–Kier alpha value is -0.862. The van der Waals surface area contributed by atoms with Crippen molar-refractivity contribution in [1.82, 2.24) is 4.98 Å². The van der Waals surface area contributed by atoms with E-state index in [1.165, 1.54) is 18.4 Å². The van der Waals surface area contributed by atoms with E-state index in [9.17, 15) is 4.79 Å². The van der Waals surface area contributed by atoms with E-state index in [4.69, 9.17) is 16.3 Å². The van der Waals surface area contributed by atoms with Crippen LogP contribution in [-0.2, 0) is 9.95 Å². The van der Waals surface area contributed by atoms with Gasteiger partial charge in [0.2, 0.25) is 0 Å². The molecule has 2 aliphatic rings. The summed E-state index contributed by atoms with van der Waals surface area (Å²) in [4.78, 5) is 19.2. The fourth-order valence-corrected chi connectivity index (χ4v) is 7.64. The van der Waals surface area contributed by atoms with E-state index in [2.05, 4.69) is 9.98 Å². The average Bonchev–Trinajstić information content (AvgIpc) is 3.11. The third-order valence-electron chi connectivity index (χ3n) is 3.01. The fraction of sp³-hybridized carbons (Fsp3) is 0.417. The Morgan fingerprint density at radius 2 is 2.28 bits per heavy atom. The van der Waals surface area contributed by atoms with Gasteiger partial charge in [-0.1, -0.05) is 0 Å². The van der Waals surface area contributed by atoms with Gasteiger partial charge in [0, 0.05) is 0 Å². The van der Waals surface area contributed by atoms with E-state index >= 15 is 0 Å². The van der Waals surface area contributed by atoms with Crippen molar-refractivity contribution in [3.05, 3.63) is 29.0 Å². The van der Waals surface area contributed by atoms with Crippen LogP contribution in [0.5, 0.6) is 0 Å². The van der Waals surface area contributed by atoms with Crippen molar-refractivity contribution in [3.63, 3.8) is 0 Å². The molecular weight excluding hydrogens is 315 g/mol. The van der Waals surface area contributed by atoms with Crippen molar-refractivity contribution in [3.8, 4) is 0 Å².